The maximum Gasteiger partial charge on any atom is 0.0420 e. The normalized spacial score (nSPS) is 17.0. The molecule has 0 amide bonds. The minimum atomic E-state index is 0.918. The van der Waals surface area contributed by atoms with Crippen LogP contribution in [0.25, 0.3) is 0 Å². The molecule has 0 saturated heterocycles. The van der Waals surface area contributed by atoms with E-state index in [1.165, 1.54) is 11.1 Å². The Kier molecular flexibility index (Phi) is 3.11. The van der Waals surface area contributed by atoms with Gasteiger partial charge in [-0.25, -0.2) is 0 Å². The molecule has 0 aromatic rings. The number of hydrogen-bond donors (Lipinski definition) is 1. The molecule has 0 atom stereocenters. The van der Waals surface area contributed by atoms with Crippen molar-refractivity contribution in [2.24, 2.45) is 0 Å². The Bertz CT molecular complexity index is 226. The van der Waals surface area contributed by atoms with E-state index in [9.17, 15) is 0 Å². The largest absolute Gasteiger partial charge is 0.376 e. The van der Waals surface area contributed by atoms with Gasteiger partial charge in [-0.15, -0.1) is 0 Å². The van der Waals surface area contributed by atoms with Crippen molar-refractivity contribution >= 4 is 0 Å². The van der Waals surface area contributed by atoms with Crippen LogP contribution in [0.5, 0.6) is 0 Å². The van der Waals surface area contributed by atoms with Crippen molar-refractivity contribution in [2.45, 2.75) is 0 Å². The monoisotopic (exact) mass is 164 g/mol. The third-order valence-electron chi connectivity index (χ3n) is 1.83. The zero-order valence-corrected chi connectivity index (χ0v) is 7.80. The lowest BCUT2D eigenvalue weighted by Gasteiger charge is -2.21. The topological polar surface area (TPSA) is 15.3 Å². The van der Waals surface area contributed by atoms with Gasteiger partial charge in [0.2, 0.25) is 0 Å². The average molecular weight is 164 g/mol. The molecule has 1 heterocycles. The Balaban J connectivity index is 2.71. The van der Waals surface area contributed by atoms with Crippen molar-refractivity contribution in [1.29, 1.82) is 0 Å². The van der Waals surface area contributed by atoms with Gasteiger partial charge in [-0.05, 0) is 18.2 Å². The van der Waals surface area contributed by atoms with Crippen LogP contribution in [0.2, 0.25) is 0 Å². The highest BCUT2D eigenvalue weighted by atomic mass is 15.1. The third-order valence-corrected chi connectivity index (χ3v) is 1.83. The standard InChI is InChI=1S/C10H16N2/c1-4-9-5-10(6-11-2)8-12(3)7-9/h4-5,8,11H,1,6-7H2,2-3H3. The van der Waals surface area contributed by atoms with Gasteiger partial charge < -0.3 is 10.2 Å². The van der Waals surface area contributed by atoms with E-state index in [1.807, 2.05) is 13.1 Å². The molecule has 0 aromatic carbocycles. The first-order chi connectivity index (χ1) is 5.76. The van der Waals surface area contributed by atoms with Gasteiger partial charge >= 0.3 is 0 Å². The van der Waals surface area contributed by atoms with Gasteiger partial charge in [0, 0.05) is 26.3 Å². The van der Waals surface area contributed by atoms with E-state index < -0.39 is 0 Å². The summed E-state index contributed by atoms with van der Waals surface area (Å²) in [6, 6.07) is 0. The molecule has 2 heteroatoms. The molecule has 2 nitrogen and oxygen atoms in total. The molecular weight excluding hydrogens is 148 g/mol. The lowest BCUT2D eigenvalue weighted by atomic mass is 10.1. The van der Waals surface area contributed by atoms with E-state index in [-0.39, 0.29) is 0 Å². The van der Waals surface area contributed by atoms with Crippen LogP contribution < -0.4 is 5.32 Å². The third kappa shape index (κ3) is 2.24. The summed E-state index contributed by atoms with van der Waals surface area (Å²) in [5.74, 6) is 0. The fourth-order valence-corrected chi connectivity index (χ4v) is 1.36. The SMILES string of the molecule is C=CC1=CC(CNC)=CN(C)C1. The summed E-state index contributed by atoms with van der Waals surface area (Å²) in [5.41, 5.74) is 2.59. The van der Waals surface area contributed by atoms with Crippen LogP contribution in [0.15, 0.2) is 36.1 Å². The van der Waals surface area contributed by atoms with Gasteiger partial charge in [0.05, 0.1) is 0 Å². The van der Waals surface area contributed by atoms with E-state index in [0.29, 0.717) is 0 Å². The first-order valence-electron chi connectivity index (χ1n) is 4.15. The van der Waals surface area contributed by atoms with Crippen molar-refractivity contribution < 1.29 is 0 Å². The molecule has 66 valence electrons. The van der Waals surface area contributed by atoms with Crippen LogP contribution in [-0.2, 0) is 0 Å². The quantitative estimate of drug-likeness (QED) is 0.673. The first kappa shape index (κ1) is 9.07. The second-order valence-electron chi connectivity index (χ2n) is 3.07. The first-order valence-corrected chi connectivity index (χ1v) is 4.15. The lowest BCUT2D eigenvalue weighted by Crippen LogP contribution is -2.21. The minimum Gasteiger partial charge on any atom is -0.376 e. The van der Waals surface area contributed by atoms with Gasteiger partial charge in [-0.2, -0.15) is 0 Å². The molecule has 0 bridgehead atoms. The smallest absolute Gasteiger partial charge is 0.0420 e. The van der Waals surface area contributed by atoms with E-state index in [1.54, 1.807) is 0 Å². The molecular formula is C10H16N2. The van der Waals surface area contributed by atoms with E-state index >= 15 is 0 Å². The fourth-order valence-electron chi connectivity index (χ4n) is 1.36. The summed E-state index contributed by atoms with van der Waals surface area (Å²) >= 11 is 0. The Labute approximate surface area is 74.3 Å². The fraction of sp³-hybridized carbons (Fsp3) is 0.400. The molecule has 12 heavy (non-hydrogen) atoms. The molecule has 0 spiro atoms. The van der Waals surface area contributed by atoms with Crippen LogP contribution in [0, 0.1) is 0 Å². The Morgan fingerprint density at radius 2 is 2.50 bits per heavy atom. The van der Waals surface area contributed by atoms with Gasteiger partial charge in [0.25, 0.3) is 0 Å². The minimum absolute atomic E-state index is 0.918. The highest BCUT2D eigenvalue weighted by molar-refractivity contribution is 5.34. The summed E-state index contributed by atoms with van der Waals surface area (Å²) in [7, 11) is 4.03. The summed E-state index contributed by atoms with van der Waals surface area (Å²) in [6.07, 6.45) is 6.26. The number of nitrogens with one attached hydrogen (secondary N) is 1. The van der Waals surface area contributed by atoms with Gasteiger partial charge in [-0.3, -0.25) is 0 Å². The number of hydrogen-bond acceptors (Lipinski definition) is 2. The summed E-state index contributed by atoms with van der Waals surface area (Å²) < 4.78 is 0. The van der Waals surface area contributed by atoms with Crippen molar-refractivity contribution in [1.82, 2.24) is 10.2 Å². The summed E-state index contributed by atoms with van der Waals surface area (Å²) in [5, 5.41) is 3.13. The second-order valence-corrected chi connectivity index (χ2v) is 3.07. The van der Waals surface area contributed by atoms with Crippen LogP contribution >= 0.6 is 0 Å². The van der Waals surface area contributed by atoms with E-state index in [4.69, 9.17) is 0 Å². The molecule has 0 fully saturated rings. The molecule has 0 radical (unpaired) electrons. The van der Waals surface area contributed by atoms with Crippen LogP contribution in [-0.4, -0.2) is 32.1 Å². The lowest BCUT2D eigenvalue weighted by molar-refractivity contribution is 0.488. The molecule has 0 saturated carbocycles. The summed E-state index contributed by atoms with van der Waals surface area (Å²) in [6.45, 7) is 5.66. The van der Waals surface area contributed by atoms with Crippen LogP contribution in [0.1, 0.15) is 0 Å². The van der Waals surface area contributed by atoms with Crippen molar-refractivity contribution in [3.63, 3.8) is 0 Å². The molecule has 1 aliphatic heterocycles. The Morgan fingerprint density at radius 3 is 3.08 bits per heavy atom. The summed E-state index contributed by atoms with van der Waals surface area (Å²) in [4.78, 5) is 2.17. The molecule has 0 aliphatic carbocycles. The van der Waals surface area contributed by atoms with E-state index in [2.05, 4.69) is 36.1 Å². The highest BCUT2D eigenvalue weighted by Gasteiger charge is 2.05. The zero-order valence-electron chi connectivity index (χ0n) is 7.80. The van der Waals surface area contributed by atoms with Gasteiger partial charge in [0.1, 0.15) is 0 Å². The van der Waals surface area contributed by atoms with E-state index in [0.717, 1.165) is 13.1 Å². The Hall–Kier alpha value is -1.02. The maximum absolute atomic E-state index is 3.77. The average Bonchev–Trinajstić information content (AvgIpc) is 2.04. The maximum atomic E-state index is 3.77. The van der Waals surface area contributed by atoms with Crippen molar-refractivity contribution in [3.05, 3.63) is 36.1 Å². The Morgan fingerprint density at radius 1 is 1.75 bits per heavy atom. The predicted molar refractivity (Wildman–Crippen MR) is 52.9 cm³/mol. The molecule has 1 N–H and O–H groups in total. The number of likely N-dealkylation sites (N-methyl/N-ethyl adjacent to an activating group) is 2. The van der Waals surface area contributed by atoms with Crippen LogP contribution in [0.3, 0.4) is 0 Å². The van der Waals surface area contributed by atoms with Gasteiger partial charge in [0.15, 0.2) is 0 Å². The number of nitrogens with zero attached hydrogens (tertiary/aromatic N) is 1. The molecule has 1 aliphatic rings. The highest BCUT2D eigenvalue weighted by Crippen LogP contribution is 2.11. The van der Waals surface area contributed by atoms with Crippen molar-refractivity contribution in [3.8, 4) is 0 Å². The number of rotatable bonds is 3. The molecule has 1 rings (SSSR count). The molecule has 0 unspecified atom stereocenters. The second kappa shape index (κ2) is 4.12. The zero-order chi connectivity index (χ0) is 8.97. The van der Waals surface area contributed by atoms with Gasteiger partial charge in [-0.1, -0.05) is 18.7 Å². The van der Waals surface area contributed by atoms with Crippen molar-refractivity contribution in [2.75, 3.05) is 27.2 Å². The van der Waals surface area contributed by atoms with Crippen LogP contribution in [0.4, 0.5) is 0 Å². The predicted octanol–water partition coefficient (Wildman–Crippen LogP) is 1.15. The molecule has 0 aromatic heterocycles.